The van der Waals surface area contributed by atoms with E-state index in [4.69, 9.17) is 9.72 Å². The first-order chi connectivity index (χ1) is 19.2. The Morgan fingerprint density at radius 3 is 2.42 bits per heavy atom. The average Bonchev–Trinajstić information content (AvgIpc) is 3.50. The van der Waals surface area contributed by atoms with Crippen molar-refractivity contribution < 1.29 is 27.4 Å². The predicted molar refractivity (Wildman–Crippen MR) is 140 cm³/mol. The van der Waals surface area contributed by atoms with Gasteiger partial charge in [-0.1, -0.05) is 12.1 Å². The quantitative estimate of drug-likeness (QED) is 0.329. The van der Waals surface area contributed by atoms with Gasteiger partial charge in [0.25, 0.3) is 5.91 Å². The van der Waals surface area contributed by atoms with Crippen molar-refractivity contribution in [2.24, 2.45) is 4.99 Å². The zero-order valence-electron chi connectivity index (χ0n) is 20.8. The number of alkyl halides is 3. The molecule has 1 aliphatic heterocycles. The standard InChI is InChI=1S/C28H19F3N6O3/c1-39-20-7-2-16(3-8-20)14-37-15-32-25-24(17-4-9-21(10-5-17)40-28(29,30)31)35-27(36-26(25)37)33-19-6-11-22-18(12-19)13-23(38)34-22/h2-13,15H,14H2,1H3,(H,33,35,36). The minimum atomic E-state index is -4.80. The molecule has 0 saturated heterocycles. The van der Waals surface area contributed by atoms with E-state index in [1.165, 1.54) is 30.3 Å². The van der Waals surface area contributed by atoms with Gasteiger partial charge < -0.3 is 19.4 Å². The molecule has 0 saturated carbocycles. The molecular weight excluding hydrogens is 525 g/mol. The van der Waals surface area contributed by atoms with E-state index in [1.807, 2.05) is 28.8 Å². The fourth-order valence-corrected chi connectivity index (χ4v) is 4.32. The lowest BCUT2D eigenvalue weighted by Gasteiger charge is -2.11. The number of hydrogen-bond donors (Lipinski definition) is 1. The molecule has 1 N–H and O–H groups in total. The SMILES string of the molecule is COc1ccc(Cn2cnc3c(-c4ccc(OC(F)(F)F)cc4)nc(Nc4ccc5c(c4)=CC(=O)N=5)nc32)cc1. The molecule has 0 unspecified atom stereocenters. The van der Waals surface area contributed by atoms with E-state index in [1.54, 1.807) is 31.6 Å². The van der Waals surface area contributed by atoms with Gasteiger partial charge in [0, 0.05) is 22.5 Å². The second kappa shape index (κ2) is 9.80. The third-order valence-electron chi connectivity index (χ3n) is 6.13. The molecule has 200 valence electrons. The number of imidazole rings is 1. The molecule has 1 amide bonds. The third-order valence-corrected chi connectivity index (χ3v) is 6.13. The molecule has 3 heterocycles. The molecule has 6 rings (SSSR count). The van der Waals surface area contributed by atoms with E-state index >= 15 is 0 Å². The Labute approximate surface area is 224 Å². The van der Waals surface area contributed by atoms with Gasteiger partial charge in [0.15, 0.2) is 5.65 Å². The number of methoxy groups -OCH3 is 1. The van der Waals surface area contributed by atoms with Gasteiger partial charge in [-0.2, -0.15) is 4.98 Å². The van der Waals surface area contributed by atoms with Crippen LogP contribution < -0.4 is 25.4 Å². The first-order valence-corrected chi connectivity index (χ1v) is 12.0. The monoisotopic (exact) mass is 544 g/mol. The summed E-state index contributed by atoms with van der Waals surface area (Å²) in [6.07, 6.45) is -1.73. The van der Waals surface area contributed by atoms with Crippen LogP contribution >= 0.6 is 0 Å². The van der Waals surface area contributed by atoms with Crippen LogP contribution in [0.15, 0.2) is 78.0 Å². The largest absolute Gasteiger partial charge is 0.573 e. The molecule has 0 spiro atoms. The minimum Gasteiger partial charge on any atom is -0.497 e. The van der Waals surface area contributed by atoms with E-state index in [0.717, 1.165) is 11.3 Å². The zero-order valence-corrected chi connectivity index (χ0v) is 20.8. The van der Waals surface area contributed by atoms with Crippen molar-refractivity contribution in [3.63, 3.8) is 0 Å². The summed E-state index contributed by atoms with van der Waals surface area (Å²) in [6.45, 7) is 0.451. The van der Waals surface area contributed by atoms with Crippen LogP contribution in [0, 0.1) is 0 Å². The molecule has 40 heavy (non-hydrogen) atoms. The summed E-state index contributed by atoms with van der Waals surface area (Å²) in [5, 5.41) is 4.41. The maximum atomic E-state index is 12.7. The molecular formula is C28H19F3N6O3. The first-order valence-electron chi connectivity index (χ1n) is 12.0. The highest BCUT2D eigenvalue weighted by Gasteiger charge is 2.31. The number of carbonyl (C=O) groups excluding carboxylic acids is 1. The van der Waals surface area contributed by atoms with E-state index in [9.17, 15) is 18.0 Å². The summed E-state index contributed by atoms with van der Waals surface area (Å²) in [4.78, 5) is 29.5. The second-order valence-electron chi connectivity index (χ2n) is 8.85. The summed E-state index contributed by atoms with van der Waals surface area (Å²) in [5.41, 5.74) is 3.52. The average molecular weight is 544 g/mol. The summed E-state index contributed by atoms with van der Waals surface area (Å²) < 4.78 is 49.1. The molecule has 0 bridgehead atoms. The Hall–Kier alpha value is -5.26. The number of nitrogens with zero attached hydrogens (tertiary/aromatic N) is 5. The smallest absolute Gasteiger partial charge is 0.497 e. The van der Waals surface area contributed by atoms with Crippen LogP contribution in [0.2, 0.25) is 0 Å². The Bertz CT molecular complexity index is 1870. The van der Waals surface area contributed by atoms with Crippen molar-refractivity contribution in [1.82, 2.24) is 19.5 Å². The maximum Gasteiger partial charge on any atom is 0.573 e. The molecule has 5 aromatic rings. The number of amides is 1. The van der Waals surface area contributed by atoms with Crippen LogP contribution in [0.4, 0.5) is 24.8 Å². The second-order valence-corrected chi connectivity index (χ2v) is 8.85. The van der Waals surface area contributed by atoms with E-state index in [2.05, 4.69) is 25.0 Å². The van der Waals surface area contributed by atoms with Crippen LogP contribution in [0.1, 0.15) is 5.56 Å². The van der Waals surface area contributed by atoms with Gasteiger partial charge in [0.05, 0.1) is 25.3 Å². The van der Waals surface area contributed by atoms with Gasteiger partial charge in [-0.25, -0.2) is 15.0 Å². The number of fused-ring (bicyclic) bond motifs is 2. The molecule has 0 fully saturated rings. The third kappa shape index (κ3) is 5.19. The Kier molecular flexibility index (Phi) is 6.14. The number of rotatable bonds is 7. The molecule has 2 aromatic heterocycles. The number of benzene rings is 3. The number of nitrogens with one attached hydrogen (secondary N) is 1. The zero-order chi connectivity index (χ0) is 27.9. The van der Waals surface area contributed by atoms with Crippen molar-refractivity contribution in [3.05, 3.63) is 89.2 Å². The summed E-state index contributed by atoms with van der Waals surface area (Å²) in [5.74, 6) is 0.289. The molecule has 9 nitrogen and oxygen atoms in total. The van der Waals surface area contributed by atoms with Crippen LogP contribution in [0.3, 0.4) is 0 Å². The highest BCUT2D eigenvalue weighted by atomic mass is 19.4. The highest BCUT2D eigenvalue weighted by molar-refractivity contribution is 6.06. The fraction of sp³-hybridized carbons (Fsp3) is 0.107. The van der Waals surface area contributed by atoms with Crippen molar-refractivity contribution in [2.45, 2.75) is 12.9 Å². The maximum absolute atomic E-state index is 12.7. The Balaban J connectivity index is 1.42. The van der Waals surface area contributed by atoms with Gasteiger partial charge in [-0.3, -0.25) is 4.79 Å². The lowest BCUT2D eigenvalue weighted by Crippen LogP contribution is -2.21. The van der Waals surface area contributed by atoms with Gasteiger partial charge >= 0.3 is 6.36 Å². The summed E-state index contributed by atoms with van der Waals surface area (Å²) >= 11 is 0. The van der Waals surface area contributed by atoms with Crippen molar-refractivity contribution in [2.75, 3.05) is 12.4 Å². The number of hydrogen-bond acceptors (Lipinski definition) is 7. The van der Waals surface area contributed by atoms with Crippen LogP contribution in [0.5, 0.6) is 11.5 Å². The summed E-state index contributed by atoms with van der Waals surface area (Å²) in [6, 6.07) is 18.2. The normalized spacial score (nSPS) is 12.6. The number of aromatic nitrogens is 4. The Morgan fingerprint density at radius 2 is 1.70 bits per heavy atom. The topological polar surface area (TPSA) is 104 Å². The lowest BCUT2D eigenvalue weighted by atomic mass is 10.1. The predicted octanol–water partition coefficient (Wildman–Crippen LogP) is 4.13. The lowest BCUT2D eigenvalue weighted by molar-refractivity contribution is -0.274. The van der Waals surface area contributed by atoms with Crippen LogP contribution in [-0.4, -0.2) is 38.9 Å². The molecule has 0 radical (unpaired) electrons. The molecule has 0 aliphatic carbocycles. The number of carbonyl (C=O) groups is 1. The van der Waals surface area contributed by atoms with Crippen LogP contribution in [0.25, 0.3) is 28.5 Å². The summed E-state index contributed by atoms with van der Waals surface area (Å²) in [7, 11) is 1.60. The number of ether oxygens (including phenoxy) is 2. The van der Waals surface area contributed by atoms with Gasteiger partial charge in [0.2, 0.25) is 5.95 Å². The highest BCUT2D eigenvalue weighted by Crippen LogP contribution is 2.30. The molecule has 12 heteroatoms. The van der Waals surface area contributed by atoms with Gasteiger partial charge in [-0.15, -0.1) is 13.2 Å². The van der Waals surface area contributed by atoms with E-state index in [-0.39, 0.29) is 17.6 Å². The van der Waals surface area contributed by atoms with Gasteiger partial charge in [-0.05, 0) is 60.2 Å². The minimum absolute atomic E-state index is 0.232. The Morgan fingerprint density at radius 1 is 0.950 bits per heavy atom. The first kappa shape index (κ1) is 25.0. The van der Waals surface area contributed by atoms with E-state index < -0.39 is 6.36 Å². The van der Waals surface area contributed by atoms with Crippen molar-refractivity contribution >= 4 is 34.8 Å². The molecule has 3 aromatic carbocycles. The van der Waals surface area contributed by atoms with Crippen molar-refractivity contribution in [3.8, 4) is 22.8 Å². The van der Waals surface area contributed by atoms with Gasteiger partial charge in [0.1, 0.15) is 22.7 Å². The van der Waals surface area contributed by atoms with E-state index in [0.29, 0.717) is 45.2 Å². The fourth-order valence-electron chi connectivity index (χ4n) is 4.32. The number of halogens is 3. The molecule has 0 atom stereocenters. The van der Waals surface area contributed by atoms with Crippen LogP contribution in [-0.2, 0) is 11.3 Å². The molecule has 1 aliphatic rings. The number of anilines is 2. The van der Waals surface area contributed by atoms with Crippen molar-refractivity contribution in [1.29, 1.82) is 0 Å².